The summed E-state index contributed by atoms with van der Waals surface area (Å²) in [5.41, 5.74) is 2.76. The molecule has 1 aliphatic rings. The van der Waals surface area contributed by atoms with Crippen molar-refractivity contribution in [3.8, 4) is 0 Å². The first-order valence-electron chi connectivity index (χ1n) is 6.00. The number of rotatable bonds is 1. The number of nitrogens with zero attached hydrogens (tertiary/aromatic N) is 2. The molecule has 2 aromatic rings. The van der Waals surface area contributed by atoms with Crippen molar-refractivity contribution in [1.82, 2.24) is 4.98 Å². The second-order valence-electron chi connectivity index (χ2n) is 4.66. The van der Waals surface area contributed by atoms with Gasteiger partial charge in [0.25, 0.3) is 0 Å². The van der Waals surface area contributed by atoms with E-state index in [0.29, 0.717) is 13.0 Å². The Hall–Kier alpha value is -1.55. The third kappa shape index (κ3) is 1.86. The number of anilines is 1. The third-order valence-electron chi connectivity index (χ3n) is 3.23. The molecule has 0 bridgehead atoms. The molecule has 92 valence electrons. The summed E-state index contributed by atoms with van der Waals surface area (Å²) in [4.78, 5) is 18.3. The summed E-state index contributed by atoms with van der Waals surface area (Å²) in [7, 11) is 0. The fourth-order valence-electron chi connectivity index (χ4n) is 2.37. The molecule has 1 unspecified atom stereocenters. The van der Waals surface area contributed by atoms with E-state index in [1.165, 1.54) is 0 Å². The van der Waals surface area contributed by atoms with E-state index >= 15 is 0 Å². The number of benzene rings is 1. The van der Waals surface area contributed by atoms with Crippen LogP contribution < -0.4 is 4.90 Å². The molecule has 2 heterocycles. The Morgan fingerprint density at radius 2 is 2.17 bits per heavy atom. The molecule has 1 saturated heterocycles. The summed E-state index contributed by atoms with van der Waals surface area (Å²) in [6.45, 7) is 2.63. The first-order chi connectivity index (χ1) is 8.65. The van der Waals surface area contributed by atoms with Gasteiger partial charge in [-0.1, -0.05) is 18.2 Å². The van der Waals surface area contributed by atoms with Gasteiger partial charge in [0.15, 0.2) is 0 Å². The standard InChI is InChI=1S/C14H14N2OS/c1-9-5-6-10-3-2-4-12(14(10)15-9)16-8-11(18)7-13(16)17/h2-6,11,18H,7-8H2,1H3. The van der Waals surface area contributed by atoms with Crippen LogP contribution in [0.1, 0.15) is 12.1 Å². The summed E-state index contributed by atoms with van der Waals surface area (Å²) in [5, 5.41) is 1.19. The SMILES string of the molecule is Cc1ccc2cccc(N3CC(S)CC3=O)c2n1. The van der Waals surface area contributed by atoms with Crippen molar-refractivity contribution in [3.05, 3.63) is 36.0 Å². The molecular formula is C14H14N2OS. The van der Waals surface area contributed by atoms with Gasteiger partial charge in [-0.05, 0) is 19.1 Å². The highest BCUT2D eigenvalue weighted by atomic mass is 32.1. The van der Waals surface area contributed by atoms with Crippen LogP contribution in [0.3, 0.4) is 0 Å². The van der Waals surface area contributed by atoms with E-state index in [9.17, 15) is 4.79 Å². The second-order valence-corrected chi connectivity index (χ2v) is 5.39. The Morgan fingerprint density at radius 3 is 2.89 bits per heavy atom. The van der Waals surface area contributed by atoms with E-state index in [2.05, 4.69) is 17.6 Å². The monoisotopic (exact) mass is 258 g/mol. The molecule has 1 atom stereocenters. The fraction of sp³-hybridized carbons (Fsp3) is 0.286. The molecule has 3 rings (SSSR count). The molecule has 0 aliphatic carbocycles. The van der Waals surface area contributed by atoms with Gasteiger partial charge in [0, 0.05) is 29.3 Å². The predicted molar refractivity (Wildman–Crippen MR) is 76.2 cm³/mol. The molecule has 0 saturated carbocycles. The summed E-state index contributed by atoms with van der Waals surface area (Å²) in [5.74, 6) is 0.130. The maximum absolute atomic E-state index is 12.0. The van der Waals surface area contributed by atoms with Gasteiger partial charge in [0.05, 0.1) is 11.2 Å². The molecule has 1 aliphatic heterocycles. The summed E-state index contributed by atoms with van der Waals surface area (Å²) in [6, 6.07) is 9.97. The Labute approximate surface area is 111 Å². The number of pyridine rings is 1. The van der Waals surface area contributed by atoms with E-state index in [1.807, 2.05) is 37.3 Å². The molecule has 1 amide bonds. The van der Waals surface area contributed by atoms with Gasteiger partial charge >= 0.3 is 0 Å². The number of amides is 1. The Kier molecular flexibility index (Phi) is 2.74. The second kappa shape index (κ2) is 4.28. The lowest BCUT2D eigenvalue weighted by Crippen LogP contribution is -2.25. The minimum absolute atomic E-state index is 0.123. The summed E-state index contributed by atoms with van der Waals surface area (Å²) >= 11 is 4.39. The fourth-order valence-corrected chi connectivity index (χ4v) is 2.69. The maximum atomic E-state index is 12.0. The van der Waals surface area contributed by atoms with Crippen LogP contribution in [0, 0.1) is 6.92 Å². The minimum atomic E-state index is 0.123. The van der Waals surface area contributed by atoms with Gasteiger partial charge in [-0.2, -0.15) is 12.6 Å². The number of aryl methyl sites for hydroxylation is 1. The van der Waals surface area contributed by atoms with Gasteiger partial charge in [-0.3, -0.25) is 9.78 Å². The normalized spacial score (nSPS) is 19.8. The minimum Gasteiger partial charge on any atom is -0.309 e. The largest absolute Gasteiger partial charge is 0.309 e. The first kappa shape index (κ1) is 11.5. The highest BCUT2D eigenvalue weighted by Gasteiger charge is 2.29. The van der Waals surface area contributed by atoms with E-state index in [4.69, 9.17) is 0 Å². The molecule has 18 heavy (non-hydrogen) atoms. The number of carbonyl (C=O) groups excluding carboxylic acids is 1. The Bertz CT molecular complexity index is 626. The molecule has 0 N–H and O–H groups in total. The van der Waals surface area contributed by atoms with E-state index in [1.54, 1.807) is 4.90 Å². The van der Waals surface area contributed by atoms with Crippen molar-refractivity contribution in [2.24, 2.45) is 0 Å². The lowest BCUT2D eigenvalue weighted by atomic mass is 10.1. The molecule has 1 aromatic carbocycles. The van der Waals surface area contributed by atoms with Crippen molar-refractivity contribution >= 4 is 35.1 Å². The van der Waals surface area contributed by atoms with Crippen molar-refractivity contribution in [1.29, 1.82) is 0 Å². The molecule has 4 heteroatoms. The lowest BCUT2D eigenvalue weighted by Gasteiger charge is -2.17. The number of thiol groups is 1. The summed E-state index contributed by atoms with van der Waals surface area (Å²) < 4.78 is 0. The maximum Gasteiger partial charge on any atom is 0.228 e. The Balaban J connectivity index is 2.17. The first-order valence-corrected chi connectivity index (χ1v) is 6.51. The van der Waals surface area contributed by atoms with Crippen LogP contribution in [0.2, 0.25) is 0 Å². The van der Waals surface area contributed by atoms with Crippen molar-refractivity contribution in [2.75, 3.05) is 11.4 Å². The van der Waals surface area contributed by atoms with Gasteiger partial charge in [0.2, 0.25) is 5.91 Å². The molecule has 0 radical (unpaired) electrons. The molecular weight excluding hydrogens is 244 g/mol. The lowest BCUT2D eigenvalue weighted by molar-refractivity contribution is -0.117. The number of hydrogen-bond donors (Lipinski definition) is 1. The molecule has 3 nitrogen and oxygen atoms in total. The van der Waals surface area contributed by atoms with E-state index in [0.717, 1.165) is 22.3 Å². The van der Waals surface area contributed by atoms with E-state index < -0.39 is 0 Å². The van der Waals surface area contributed by atoms with Gasteiger partial charge < -0.3 is 4.90 Å². The van der Waals surface area contributed by atoms with Crippen LogP contribution in [0.15, 0.2) is 30.3 Å². The third-order valence-corrected chi connectivity index (χ3v) is 3.58. The van der Waals surface area contributed by atoms with Crippen LogP contribution in [0.25, 0.3) is 10.9 Å². The predicted octanol–water partition coefficient (Wildman–Crippen LogP) is 2.58. The number of hydrogen-bond acceptors (Lipinski definition) is 3. The number of carbonyl (C=O) groups is 1. The number of para-hydroxylation sites is 1. The van der Waals surface area contributed by atoms with Crippen LogP contribution in [0.5, 0.6) is 0 Å². The summed E-state index contributed by atoms with van der Waals surface area (Å²) in [6.07, 6.45) is 0.505. The van der Waals surface area contributed by atoms with Crippen molar-refractivity contribution in [3.63, 3.8) is 0 Å². The van der Waals surface area contributed by atoms with Crippen molar-refractivity contribution < 1.29 is 4.79 Å². The molecule has 1 aromatic heterocycles. The number of fused-ring (bicyclic) bond motifs is 1. The van der Waals surface area contributed by atoms with Crippen LogP contribution in [0.4, 0.5) is 5.69 Å². The zero-order valence-electron chi connectivity index (χ0n) is 10.1. The highest BCUT2D eigenvalue weighted by Crippen LogP contribution is 2.30. The zero-order valence-corrected chi connectivity index (χ0v) is 11.0. The van der Waals surface area contributed by atoms with Gasteiger partial charge in [-0.25, -0.2) is 0 Å². The smallest absolute Gasteiger partial charge is 0.228 e. The van der Waals surface area contributed by atoms with Crippen molar-refractivity contribution in [2.45, 2.75) is 18.6 Å². The van der Waals surface area contributed by atoms with Crippen LogP contribution in [-0.2, 0) is 4.79 Å². The average molecular weight is 258 g/mol. The molecule has 1 fully saturated rings. The van der Waals surface area contributed by atoms with Crippen LogP contribution >= 0.6 is 12.6 Å². The topological polar surface area (TPSA) is 33.2 Å². The van der Waals surface area contributed by atoms with Gasteiger partial charge in [0.1, 0.15) is 0 Å². The quantitative estimate of drug-likeness (QED) is 0.798. The van der Waals surface area contributed by atoms with E-state index in [-0.39, 0.29) is 11.2 Å². The Morgan fingerprint density at radius 1 is 1.33 bits per heavy atom. The highest BCUT2D eigenvalue weighted by molar-refractivity contribution is 7.81. The molecule has 0 spiro atoms. The zero-order chi connectivity index (χ0) is 12.7. The van der Waals surface area contributed by atoms with Crippen LogP contribution in [-0.4, -0.2) is 22.7 Å². The number of aromatic nitrogens is 1. The average Bonchev–Trinajstić information content (AvgIpc) is 2.67. The van der Waals surface area contributed by atoms with Gasteiger partial charge in [-0.15, -0.1) is 0 Å².